The summed E-state index contributed by atoms with van der Waals surface area (Å²) in [5, 5.41) is 13.5. The Morgan fingerprint density at radius 3 is 2.56 bits per heavy atom. The lowest BCUT2D eigenvalue weighted by molar-refractivity contribution is -0.127. The van der Waals surface area contributed by atoms with Gasteiger partial charge in [0.25, 0.3) is 5.91 Å². The van der Waals surface area contributed by atoms with Gasteiger partial charge in [-0.15, -0.1) is 0 Å². The molecule has 1 unspecified atom stereocenters. The quantitative estimate of drug-likeness (QED) is 0.378. The number of nitrogens with one attached hydrogen (secondary N) is 1. The van der Waals surface area contributed by atoms with Gasteiger partial charge in [-0.05, 0) is 49.7 Å². The van der Waals surface area contributed by atoms with Crippen molar-refractivity contribution in [3.63, 3.8) is 0 Å². The fourth-order valence-electron chi connectivity index (χ4n) is 2.27. The molecule has 0 saturated heterocycles. The fraction of sp³-hybridized carbons (Fsp3) is 0.333. The summed E-state index contributed by atoms with van der Waals surface area (Å²) in [6.45, 7) is 4.49. The van der Waals surface area contributed by atoms with Crippen molar-refractivity contribution >= 4 is 12.1 Å². The highest BCUT2D eigenvalue weighted by atomic mass is 16.5. The summed E-state index contributed by atoms with van der Waals surface area (Å²) in [6.07, 6.45) is 4.01. The van der Waals surface area contributed by atoms with Gasteiger partial charge in [0.15, 0.2) is 6.10 Å². The summed E-state index contributed by atoms with van der Waals surface area (Å²) in [6, 6.07) is 13.9. The second-order valence-corrected chi connectivity index (χ2v) is 6.08. The van der Waals surface area contributed by atoms with E-state index in [1.165, 1.54) is 6.21 Å². The van der Waals surface area contributed by atoms with Crippen LogP contribution in [-0.2, 0) is 4.79 Å². The second kappa shape index (κ2) is 10.9. The van der Waals surface area contributed by atoms with Crippen LogP contribution in [0, 0.1) is 0 Å². The van der Waals surface area contributed by atoms with E-state index in [4.69, 9.17) is 9.47 Å². The molecule has 0 bridgehead atoms. The number of benzene rings is 2. The molecule has 0 aromatic heterocycles. The van der Waals surface area contributed by atoms with E-state index >= 15 is 0 Å². The van der Waals surface area contributed by atoms with Crippen LogP contribution >= 0.6 is 0 Å². The Labute approximate surface area is 159 Å². The molecule has 6 nitrogen and oxygen atoms in total. The van der Waals surface area contributed by atoms with E-state index < -0.39 is 6.10 Å². The lowest BCUT2D eigenvalue weighted by Gasteiger charge is -2.13. The molecule has 0 radical (unpaired) electrons. The van der Waals surface area contributed by atoms with Crippen molar-refractivity contribution in [2.24, 2.45) is 5.10 Å². The molecule has 0 heterocycles. The Balaban J connectivity index is 1.79. The number of phenols is 1. The topological polar surface area (TPSA) is 80.2 Å². The monoisotopic (exact) mass is 370 g/mol. The molecule has 2 aromatic carbocycles. The number of para-hydroxylation sites is 1. The highest BCUT2D eigenvalue weighted by molar-refractivity contribution is 5.86. The van der Waals surface area contributed by atoms with Gasteiger partial charge in [-0.25, -0.2) is 5.43 Å². The smallest absolute Gasteiger partial charge is 0.280 e. The number of ether oxygens (including phenoxy) is 2. The van der Waals surface area contributed by atoms with Gasteiger partial charge >= 0.3 is 0 Å². The zero-order valence-electron chi connectivity index (χ0n) is 15.7. The Morgan fingerprint density at radius 2 is 1.85 bits per heavy atom. The number of hydrogen-bond donors (Lipinski definition) is 2. The number of carbonyl (C=O) groups is 1. The van der Waals surface area contributed by atoms with Gasteiger partial charge in [-0.2, -0.15) is 5.10 Å². The maximum atomic E-state index is 12.1. The zero-order valence-corrected chi connectivity index (χ0v) is 15.7. The lowest BCUT2D eigenvalue weighted by atomic mass is 10.2. The summed E-state index contributed by atoms with van der Waals surface area (Å²) in [4.78, 5) is 12.1. The molecule has 2 aromatic rings. The van der Waals surface area contributed by atoms with Gasteiger partial charge < -0.3 is 14.6 Å². The van der Waals surface area contributed by atoms with Crippen LogP contribution in [0.25, 0.3) is 0 Å². The van der Waals surface area contributed by atoms with Crippen molar-refractivity contribution in [3.05, 3.63) is 54.1 Å². The number of aromatic hydroxyl groups is 1. The molecule has 6 heteroatoms. The first-order valence-corrected chi connectivity index (χ1v) is 9.10. The van der Waals surface area contributed by atoms with E-state index in [0.29, 0.717) is 17.9 Å². The third-order valence-corrected chi connectivity index (χ3v) is 3.84. The second-order valence-electron chi connectivity index (χ2n) is 6.08. The van der Waals surface area contributed by atoms with Gasteiger partial charge in [0.1, 0.15) is 17.2 Å². The van der Waals surface area contributed by atoms with Crippen molar-refractivity contribution in [3.8, 4) is 17.2 Å². The molecule has 0 aliphatic carbocycles. The third-order valence-electron chi connectivity index (χ3n) is 3.84. The number of amides is 1. The minimum Gasteiger partial charge on any atom is -0.507 e. The number of rotatable bonds is 10. The van der Waals surface area contributed by atoms with Gasteiger partial charge in [0, 0.05) is 5.56 Å². The first-order chi connectivity index (χ1) is 13.1. The largest absolute Gasteiger partial charge is 0.507 e. The van der Waals surface area contributed by atoms with E-state index in [9.17, 15) is 9.90 Å². The summed E-state index contributed by atoms with van der Waals surface area (Å²) >= 11 is 0. The number of nitrogens with zero attached hydrogens (tertiary/aromatic N) is 1. The van der Waals surface area contributed by atoms with Gasteiger partial charge in [0.2, 0.25) is 0 Å². The molecule has 2 N–H and O–H groups in total. The Morgan fingerprint density at radius 1 is 1.15 bits per heavy atom. The standard InChI is InChI=1S/C21H26N2O4/c1-3-4-7-14-26-18-10-12-19(13-11-18)27-16(2)21(25)23-22-15-17-8-5-6-9-20(17)24/h5-6,8-13,15-16,24H,3-4,7,14H2,1-2H3,(H,23,25)/b22-15+. The van der Waals surface area contributed by atoms with E-state index in [2.05, 4.69) is 17.5 Å². The molecule has 1 amide bonds. The molecule has 0 aliphatic rings. The van der Waals surface area contributed by atoms with Crippen molar-refractivity contribution in [1.29, 1.82) is 0 Å². The van der Waals surface area contributed by atoms with Crippen molar-refractivity contribution in [2.45, 2.75) is 39.2 Å². The molecule has 0 spiro atoms. The van der Waals surface area contributed by atoms with Crippen molar-refractivity contribution in [2.75, 3.05) is 6.61 Å². The van der Waals surface area contributed by atoms with E-state index in [1.807, 2.05) is 12.1 Å². The summed E-state index contributed by atoms with van der Waals surface area (Å²) in [5.41, 5.74) is 2.91. The predicted octanol–water partition coefficient (Wildman–Crippen LogP) is 3.88. The number of hydrazone groups is 1. The summed E-state index contributed by atoms with van der Waals surface area (Å²) in [7, 11) is 0. The first-order valence-electron chi connectivity index (χ1n) is 9.10. The molecule has 2 rings (SSSR count). The minimum atomic E-state index is -0.720. The highest BCUT2D eigenvalue weighted by Gasteiger charge is 2.14. The summed E-state index contributed by atoms with van der Waals surface area (Å²) < 4.78 is 11.3. The number of unbranched alkanes of at least 4 members (excludes halogenated alkanes) is 2. The molecule has 0 aliphatic heterocycles. The molecular weight excluding hydrogens is 344 g/mol. The summed E-state index contributed by atoms with van der Waals surface area (Å²) in [5.74, 6) is 1.06. The maximum Gasteiger partial charge on any atom is 0.280 e. The highest BCUT2D eigenvalue weighted by Crippen LogP contribution is 2.19. The van der Waals surface area contributed by atoms with Gasteiger partial charge in [-0.1, -0.05) is 31.9 Å². The Bertz CT molecular complexity index is 744. The molecule has 1 atom stereocenters. The van der Waals surface area contributed by atoms with Gasteiger partial charge in [0.05, 0.1) is 12.8 Å². The number of hydrogen-bond acceptors (Lipinski definition) is 5. The van der Waals surface area contributed by atoms with Crippen LogP contribution in [0.15, 0.2) is 53.6 Å². The van der Waals surface area contributed by atoms with E-state index in [1.54, 1.807) is 43.3 Å². The van der Waals surface area contributed by atoms with Crippen LogP contribution in [0.2, 0.25) is 0 Å². The third kappa shape index (κ3) is 7.01. The SMILES string of the molecule is CCCCCOc1ccc(OC(C)C(=O)N/N=C/c2ccccc2O)cc1. The first kappa shape index (κ1) is 20.3. The minimum absolute atomic E-state index is 0.0943. The lowest BCUT2D eigenvalue weighted by Crippen LogP contribution is -2.33. The Hall–Kier alpha value is -3.02. The fourth-order valence-corrected chi connectivity index (χ4v) is 2.27. The molecule has 27 heavy (non-hydrogen) atoms. The normalized spacial score (nSPS) is 11.9. The average Bonchev–Trinajstić information content (AvgIpc) is 2.68. The van der Waals surface area contributed by atoms with Crippen LogP contribution in [0.3, 0.4) is 0 Å². The van der Waals surface area contributed by atoms with Crippen LogP contribution < -0.4 is 14.9 Å². The van der Waals surface area contributed by atoms with Crippen LogP contribution in [0.1, 0.15) is 38.7 Å². The average molecular weight is 370 g/mol. The van der Waals surface area contributed by atoms with Crippen LogP contribution in [0.5, 0.6) is 17.2 Å². The molecule has 0 fully saturated rings. The molecule has 0 saturated carbocycles. The maximum absolute atomic E-state index is 12.1. The van der Waals surface area contributed by atoms with Crippen molar-refractivity contribution < 1.29 is 19.4 Å². The Kier molecular flexibility index (Phi) is 8.16. The van der Waals surface area contributed by atoms with Gasteiger partial charge in [-0.3, -0.25) is 4.79 Å². The molecule has 144 valence electrons. The van der Waals surface area contributed by atoms with Crippen molar-refractivity contribution in [1.82, 2.24) is 5.43 Å². The van der Waals surface area contributed by atoms with E-state index in [0.717, 1.165) is 25.0 Å². The number of phenolic OH excluding ortho intramolecular Hbond substituents is 1. The van der Waals surface area contributed by atoms with E-state index in [-0.39, 0.29) is 11.7 Å². The zero-order chi connectivity index (χ0) is 19.5. The van der Waals surface area contributed by atoms with Crippen LogP contribution in [-0.4, -0.2) is 29.9 Å². The molecular formula is C21H26N2O4. The predicted molar refractivity (Wildman–Crippen MR) is 105 cm³/mol. The number of carbonyl (C=O) groups excluding carboxylic acids is 1. The van der Waals surface area contributed by atoms with Crippen LogP contribution in [0.4, 0.5) is 0 Å².